The van der Waals surface area contributed by atoms with Crippen LogP contribution in [-0.2, 0) is 4.74 Å². The topological polar surface area (TPSA) is 73.5 Å². The van der Waals surface area contributed by atoms with Gasteiger partial charge in [-0.25, -0.2) is 0 Å². The maximum Gasteiger partial charge on any atom is 0.234 e. The minimum atomic E-state index is 0.0475. The van der Waals surface area contributed by atoms with Gasteiger partial charge >= 0.3 is 0 Å². The van der Waals surface area contributed by atoms with E-state index in [4.69, 9.17) is 15.2 Å². The molecule has 6 nitrogen and oxygen atoms in total. The average Bonchev–Trinajstić information content (AvgIpc) is 2.39. The Morgan fingerprint density at radius 1 is 1.50 bits per heavy atom. The van der Waals surface area contributed by atoms with E-state index in [1.54, 1.807) is 12.4 Å². The highest BCUT2D eigenvalue weighted by Gasteiger charge is 2.25. The zero-order valence-electron chi connectivity index (χ0n) is 10.9. The Bertz CT molecular complexity index is 388. The van der Waals surface area contributed by atoms with Crippen molar-refractivity contribution in [1.29, 1.82) is 0 Å². The fourth-order valence-corrected chi connectivity index (χ4v) is 2.07. The molecule has 2 atom stereocenters. The third-order valence-corrected chi connectivity index (χ3v) is 2.81. The first-order valence-corrected chi connectivity index (χ1v) is 6.28. The quantitative estimate of drug-likeness (QED) is 0.837. The molecule has 2 N–H and O–H groups in total. The highest BCUT2D eigenvalue weighted by atomic mass is 16.5. The number of nitrogens with two attached hydrogens (primary N) is 1. The van der Waals surface area contributed by atoms with E-state index in [-0.39, 0.29) is 12.2 Å². The van der Waals surface area contributed by atoms with E-state index < -0.39 is 0 Å². The van der Waals surface area contributed by atoms with Gasteiger partial charge in [0.2, 0.25) is 5.88 Å². The Hall–Kier alpha value is -1.40. The Morgan fingerprint density at radius 3 is 3.06 bits per heavy atom. The average molecular weight is 252 g/mol. The normalized spacial score (nSPS) is 24.1. The van der Waals surface area contributed by atoms with E-state index in [1.807, 2.05) is 13.8 Å². The van der Waals surface area contributed by atoms with Gasteiger partial charge in [0.05, 0.1) is 31.2 Å². The molecule has 2 rings (SSSR count). The van der Waals surface area contributed by atoms with Gasteiger partial charge in [-0.2, -0.15) is 4.98 Å². The third kappa shape index (κ3) is 3.08. The lowest BCUT2D eigenvalue weighted by Gasteiger charge is -2.36. The predicted molar refractivity (Wildman–Crippen MR) is 68.8 cm³/mol. The van der Waals surface area contributed by atoms with Crippen LogP contribution in [0.5, 0.6) is 5.88 Å². The smallest absolute Gasteiger partial charge is 0.234 e. The highest BCUT2D eigenvalue weighted by Crippen LogP contribution is 2.19. The van der Waals surface area contributed by atoms with Crippen molar-refractivity contribution in [3.8, 4) is 5.88 Å². The van der Waals surface area contributed by atoms with E-state index in [1.165, 1.54) is 0 Å². The second-order valence-electron chi connectivity index (χ2n) is 4.36. The summed E-state index contributed by atoms with van der Waals surface area (Å²) in [6.45, 7) is 6.60. The molecule has 1 aliphatic heterocycles. The molecule has 0 amide bonds. The highest BCUT2D eigenvalue weighted by molar-refractivity contribution is 5.38. The molecule has 100 valence electrons. The molecule has 1 aromatic heterocycles. The van der Waals surface area contributed by atoms with Crippen LogP contribution in [0, 0.1) is 0 Å². The molecule has 6 heteroatoms. The molecule has 0 radical (unpaired) electrons. The Balaban J connectivity index is 2.11. The molecule has 0 aliphatic carbocycles. The Kier molecular flexibility index (Phi) is 4.33. The molecular formula is C12H20N4O2. The van der Waals surface area contributed by atoms with E-state index in [0.717, 1.165) is 18.9 Å². The third-order valence-electron chi connectivity index (χ3n) is 2.81. The van der Waals surface area contributed by atoms with E-state index in [2.05, 4.69) is 14.9 Å². The van der Waals surface area contributed by atoms with Crippen molar-refractivity contribution in [1.82, 2.24) is 9.97 Å². The number of hydrogen-bond donors (Lipinski definition) is 1. The van der Waals surface area contributed by atoms with Crippen LogP contribution in [0.25, 0.3) is 0 Å². The molecular weight excluding hydrogens is 232 g/mol. The van der Waals surface area contributed by atoms with Crippen LogP contribution < -0.4 is 15.4 Å². The SMILES string of the molecule is CCOc1cncc(N2CC(C)OC(CN)C2)n1. The van der Waals surface area contributed by atoms with Crippen LogP contribution in [0.2, 0.25) is 0 Å². The van der Waals surface area contributed by atoms with Crippen LogP contribution in [-0.4, -0.2) is 48.4 Å². The molecule has 1 aliphatic rings. The fraction of sp³-hybridized carbons (Fsp3) is 0.667. The number of aromatic nitrogens is 2. The van der Waals surface area contributed by atoms with Gasteiger partial charge in [-0.05, 0) is 13.8 Å². The summed E-state index contributed by atoms with van der Waals surface area (Å²) in [5, 5.41) is 0. The zero-order valence-corrected chi connectivity index (χ0v) is 10.9. The summed E-state index contributed by atoms with van der Waals surface area (Å²) >= 11 is 0. The van der Waals surface area contributed by atoms with Gasteiger partial charge in [0, 0.05) is 19.6 Å². The minimum absolute atomic E-state index is 0.0475. The fourth-order valence-electron chi connectivity index (χ4n) is 2.07. The Labute approximate surface area is 107 Å². The summed E-state index contributed by atoms with van der Waals surface area (Å²) in [6.07, 6.45) is 3.56. The van der Waals surface area contributed by atoms with Gasteiger partial charge in [-0.15, -0.1) is 0 Å². The second-order valence-corrected chi connectivity index (χ2v) is 4.36. The second kappa shape index (κ2) is 5.97. The molecule has 1 aromatic rings. The van der Waals surface area contributed by atoms with Crippen LogP contribution in [0.15, 0.2) is 12.4 Å². The van der Waals surface area contributed by atoms with Crippen LogP contribution in [0.1, 0.15) is 13.8 Å². The van der Waals surface area contributed by atoms with E-state index in [9.17, 15) is 0 Å². The van der Waals surface area contributed by atoms with Gasteiger partial charge in [0.1, 0.15) is 0 Å². The summed E-state index contributed by atoms with van der Waals surface area (Å²) < 4.78 is 11.1. The predicted octanol–water partition coefficient (Wildman–Crippen LogP) is 0.428. The number of ether oxygens (including phenoxy) is 2. The monoisotopic (exact) mass is 252 g/mol. The van der Waals surface area contributed by atoms with Gasteiger partial charge in [0.15, 0.2) is 5.82 Å². The number of anilines is 1. The number of hydrogen-bond acceptors (Lipinski definition) is 6. The maximum absolute atomic E-state index is 5.72. The maximum atomic E-state index is 5.72. The molecule has 18 heavy (non-hydrogen) atoms. The van der Waals surface area contributed by atoms with E-state index >= 15 is 0 Å². The molecule has 2 heterocycles. The van der Waals surface area contributed by atoms with Crippen molar-refractivity contribution >= 4 is 5.82 Å². The van der Waals surface area contributed by atoms with Crippen molar-refractivity contribution in [2.45, 2.75) is 26.1 Å². The van der Waals surface area contributed by atoms with Crippen molar-refractivity contribution in [3.05, 3.63) is 12.4 Å². The van der Waals surface area contributed by atoms with Gasteiger partial charge in [0.25, 0.3) is 0 Å². The van der Waals surface area contributed by atoms with Gasteiger partial charge in [-0.3, -0.25) is 4.98 Å². The van der Waals surface area contributed by atoms with Crippen LogP contribution in [0.3, 0.4) is 0 Å². The van der Waals surface area contributed by atoms with Gasteiger partial charge < -0.3 is 20.1 Å². The van der Waals surface area contributed by atoms with Crippen molar-refractivity contribution in [3.63, 3.8) is 0 Å². The molecule has 0 aromatic carbocycles. The number of rotatable bonds is 4. The van der Waals surface area contributed by atoms with Crippen molar-refractivity contribution in [2.75, 3.05) is 31.1 Å². The molecule has 1 saturated heterocycles. The molecule has 1 fully saturated rings. The van der Waals surface area contributed by atoms with Crippen LogP contribution in [0.4, 0.5) is 5.82 Å². The largest absolute Gasteiger partial charge is 0.477 e. The standard InChI is InChI=1S/C12H20N4O2/c1-3-17-12-6-14-5-11(15-12)16-7-9(2)18-10(4-13)8-16/h5-6,9-10H,3-4,7-8,13H2,1-2H3. The molecule has 0 spiro atoms. The summed E-state index contributed by atoms with van der Waals surface area (Å²) in [5.41, 5.74) is 5.67. The van der Waals surface area contributed by atoms with E-state index in [0.29, 0.717) is 19.0 Å². The van der Waals surface area contributed by atoms with Crippen molar-refractivity contribution < 1.29 is 9.47 Å². The van der Waals surface area contributed by atoms with Gasteiger partial charge in [-0.1, -0.05) is 0 Å². The van der Waals surface area contributed by atoms with Crippen molar-refractivity contribution in [2.24, 2.45) is 5.73 Å². The lowest BCUT2D eigenvalue weighted by molar-refractivity contribution is -0.0107. The molecule has 0 bridgehead atoms. The number of nitrogens with zero attached hydrogens (tertiary/aromatic N) is 3. The summed E-state index contributed by atoms with van der Waals surface area (Å²) in [5.74, 6) is 1.37. The number of morpholine rings is 1. The summed E-state index contributed by atoms with van der Waals surface area (Å²) in [7, 11) is 0. The lowest BCUT2D eigenvalue weighted by Crippen LogP contribution is -2.49. The minimum Gasteiger partial charge on any atom is -0.477 e. The summed E-state index contributed by atoms with van der Waals surface area (Å²) in [6, 6.07) is 0. The first kappa shape index (κ1) is 13.0. The Morgan fingerprint density at radius 2 is 2.33 bits per heavy atom. The first-order valence-electron chi connectivity index (χ1n) is 6.28. The molecule has 2 unspecified atom stereocenters. The first-order chi connectivity index (χ1) is 8.72. The zero-order chi connectivity index (χ0) is 13.0. The lowest BCUT2D eigenvalue weighted by atomic mass is 10.2. The summed E-state index contributed by atoms with van der Waals surface area (Å²) in [4.78, 5) is 10.7. The van der Waals surface area contributed by atoms with Crippen LogP contribution >= 0.6 is 0 Å². The molecule has 0 saturated carbocycles.